The molecule has 2 aliphatic rings. The van der Waals surface area contributed by atoms with Gasteiger partial charge in [-0.3, -0.25) is 4.79 Å². The van der Waals surface area contributed by atoms with Crippen LogP contribution in [0.1, 0.15) is 0 Å². The fraction of sp³-hybridized carbons (Fsp3) is 0.286. The third-order valence-electron chi connectivity index (χ3n) is 1.82. The quantitative estimate of drug-likeness (QED) is 0.516. The molecule has 2 heterocycles. The SMILES string of the molecule is CN1C=C[C@H]2C(=O)N=C(Cl)N=C21. The second-order valence-electron chi connectivity index (χ2n) is 2.62. The third-order valence-corrected chi connectivity index (χ3v) is 1.99. The van der Waals surface area contributed by atoms with E-state index < -0.39 is 0 Å². The van der Waals surface area contributed by atoms with E-state index >= 15 is 0 Å². The fourth-order valence-corrected chi connectivity index (χ4v) is 1.39. The summed E-state index contributed by atoms with van der Waals surface area (Å²) < 4.78 is 0. The molecule has 0 aliphatic carbocycles. The largest absolute Gasteiger partial charge is 0.339 e. The first kappa shape index (κ1) is 7.49. The zero-order valence-electron chi connectivity index (χ0n) is 6.36. The van der Waals surface area contributed by atoms with Crippen LogP contribution in [0.2, 0.25) is 0 Å². The highest BCUT2D eigenvalue weighted by atomic mass is 35.5. The van der Waals surface area contributed by atoms with Crippen molar-refractivity contribution in [3.63, 3.8) is 0 Å². The van der Waals surface area contributed by atoms with E-state index in [4.69, 9.17) is 11.6 Å². The van der Waals surface area contributed by atoms with Crippen molar-refractivity contribution in [2.45, 2.75) is 0 Å². The topological polar surface area (TPSA) is 45.0 Å². The molecular weight excluding hydrogens is 178 g/mol. The first-order valence-corrected chi connectivity index (χ1v) is 3.84. The number of rotatable bonds is 0. The van der Waals surface area contributed by atoms with Crippen molar-refractivity contribution in [2.75, 3.05) is 7.05 Å². The van der Waals surface area contributed by atoms with Crippen LogP contribution >= 0.6 is 11.6 Å². The summed E-state index contributed by atoms with van der Waals surface area (Å²) in [5, 5.41) is 0.0156. The van der Waals surface area contributed by atoms with E-state index in [0.717, 1.165) is 0 Å². The monoisotopic (exact) mass is 183 g/mol. The summed E-state index contributed by atoms with van der Waals surface area (Å²) >= 11 is 5.53. The number of amides is 1. The lowest BCUT2D eigenvalue weighted by atomic mass is 10.1. The lowest BCUT2D eigenvalue weighted by molar-refractivity contribution is -0.118. The second kappa shape index (κ2) is 2.42. The minimum absolute atomic E-state index is 0.0156. The van der Waals surface area contributed by atoms with Crippen molar-refractivity contribution in [1.82, 2.24) is 4.90 Å². The van der Waals surface area contributed by atoms with Gasteiger partial charge in [0.2, 0.25) is 5.29 Å². The number of aliphatic imine (C=N–C) groups is 2. The molecule has 0 unspecified atom stereocenters. The molecule has 2 aliphatic heterocycles. The van der Waals surface area contributed by atoms with Crippen molar-refractivity contribution in [3.8, 4) is 0 Å². The van der Waals surface area contributed by atoms with Gasteiger partial charge in [0, 0.05) is 13.2 Å². The highest BCUT2D eigenvalue weighted by Gasteiger charge is 2.31. The van der Waals surface area contributed by atoms with Crippen molar-refractivity contribution >= 4 is 28.6 Å². The molecule has 0 spiro atoms. The highest BCUT2D eigenvalue weighted by Crippen LogP contribution is 2.20. The fourth-order valence-electron chi connectivity index (χ4n) is 1.22. The molecule has 5 heteroatoms. The number of carbonyl (C=O) groups is 1. The van der Waals surface area contributed by atoms with Crippen molar-refractivity contribution < 1.29 is 4.79 Å². The van der Waals surface area contributed by atoms with Crippen LogP contribution in [-0.2, 0) is 4.79 Å². The summed E-state index contributed by atoms with van der Waals surface area (Å²) in [6, 6.07) is 0. The molecule has 0 aromatic heterocycles. The minimum atomic E-state index is -0.322. The van der Waals surface area contributed by atoms with Gasteiger partial charge in [0.15, 0.2) is 0 Å². The first-order chi connectivity index (χ1) is 5.68. The van der Waals surface area contributed by atoms with Gasteiger partial charge in [0.05, 0.1) is 0 Å². The van der Waals surface area contributed by atoms with E-state index in [1.807, 2.05) is 7.05 Å². The summed E-state index contributed by atoms with van der Waals surface area (Å²) in [7, 11) is 1.82. The number of amidine groups is 2. The van der Waals surface area contributed by atoms with Crippen molar-refractivity contribution in [3.05, 3.63) is 12.3 Å². The van der Waals surface area contributed by atoms with E-state index in [2.05, 4.69) is 9.98 Å². The molecule has 12 heavy (non-hydrogen) atoms. The Morgan fingerprint density at radius 3 is 3.08 bits per heavy atom. The van der Waals surface area contributed by atoms with E-state index in [1.54, 1.807) is 17.2 Å². The Morgan fingerprint density at radius 2 is 2.33 bits per heavy atom. The maximum atomic E-state index is 11.2. The molecule has 0 saturated carbocycles. The van der Waals surface area contributed by atoms with Crippen LogP contribution in [0.3, 0.4) is 0 Å². The van der Waals surface area contributed by atoms with Crippen LogP contribution in [0, 0.1) is 5.92 Å². The van der Waals surface area contributed by atoms with Gasteiger partial charge >= 0.3 is 0 Å². The van der Waals surface area contributed by atoms with Crippen LogP contribution < -0.4 is 0 Å². The highest BCUT2D eigenvalue weighted by molar-refractivity contribution is 6.67. The molecule has 1 atom stereocenters. The molecular formula is C7H6ClN3O. The minimum Gasteiger partial charge on any atom is -0.339 e. The number of halogens is 1. The van der Waals surface area contributed by atoms with E-state index in [1.165, 1.54) is 0 Å². The van der Waals surface area contributed by atoms with Gasteiger partial charge in [0.1, 0.15) is 11.8 Å². The van der Waals surface area contributed by atoms with Gasteiger partial charge in [-0.25, -0.2) is 4.99 Å². The van der Waals surface area contributed by atoms with Crippen LogP contribution in [-0.4, -0.2) is 29.0 Å². The Balaban J connectivity index is 2.43. The van der Waals surface area contributed by atoms with Gasteiger partial charge in [-0.2, -0.15) is 4.99 Å². The molecule has 0 N–H and O–H groups in total. The van der Waals surface area contributed by atoms with Crippen LogP contribution in [0.5, 0.6) is 0 Å². The Bertz CT molecular complexity index is 332. The molecule has 0 aromatic carbocycles. The smallest absolute Gasteiger partial charge is 0.263 e. The average molecular weight is 184 g/mol. The zero-order valence-corrected chi connectivity index (χ0v) is 7.12. The maximum Gasteiger partial charge on any atom is 0.263 e. The average Bonchev–Trinajstić information content (AvgIpc) is 2.33. The maximum absolute atomic E-state index is 11.2. The number of carbonyl (C=O) groups excluding carboxylic acids is 1. The predicted octanol–water partition coefficient (Wildman–Crippen LogP) is 0.595. The molecule has 0 aromatic rings. The number of nitrogens with zero attached hydrogens (tertiary/aromatic N) is 3. The van der Waals surface area contributed by atoms with E-state index in [-0.39, 0.29) is 17.1 Å². The Hall–Kier alpha value is -1.16. The molecule has 0 bridgehead atoms. The molecule has 0 fully saturated rings. The van der Waals surface area contributed by atoms with Gasteiger partial charge in [-0.15, -0.1) is 0 Å². The molecule has 0 saturated heterocycles. The van der Waals surface area contributed by atoms with Gasteiger partial charge in [-0.1, -0.05) is 0 Å². The van der Waals surface area contributed by atoms with Crippen LogP contribution in [0.4, 0.5) is 0 Å². The third kappa shape index (κ3) is 0.956. The summed E-state index contributed by atoms with van der Waals surface area (Å²) in [4.78, 5) is 20.5. The van der Waals surface area contributed by atoms with Crippen LogP contribution in [0.15, 0.2) is 22.3 Å². The Kier molecular flexibility index (Phi) is 1.51. The van der Waals surface area contributed by atoms with Crippen molar-refractivity contribution in [1.29, 1.82) is 0 Å². The zero-order chi connectivity index (χ0) is 8.72. The number of hydrogen-bond donors (Lipinski definition) is 0. The lowest BCUT2D eigenvalue weighted by Crippen LogP contribution is -2.30. The summed E-state index contributed by atoms with van der Waals surface area (Å²) in [5.74, 6) is 0.0862. The van der Waals surface area contributed by atoms with Gasteiger partial charge in [0.25, 0.3) is 5.91 Å². The summed E-state index contributed by atoms with van der Waals surface area (Å²) in [6.45, 7) is 0. The lowest BCUT2D eigenvalue weighted by Gasteiger charge is -2.16. The molecule has 62 valence electrons. The van der Waals surface area contributed by atoms with Gasteiger partial charge in [-0.05, 0) is 17.7 Å². The van der Waals surface area contributed by atoms with E-state index in [0.29, 0.717) is 5.84 Å². The standard InChI is InChI=1S/C7H6ClN3O/c1-11-3-2-4-5(11)9-7(8)10-6(4)12/h2-4H,1H3/t4-/m1/s1. The van der Waals surface area contributed by atoms with E-state index in [9.17, 15) is 4.79 Å². The Morgan fingerprint density at radius 1 is 1.58 bits per heavy atom. The molecule has 0 radical (unpaired) electrons. The number of fused-ring (bicyclic) bond motifs is 1. The summed E-state index contributed by atoms with van der Waals surface area (Å²) in [6.07, 6.45) is 3.54. The first-order valence-electron chi connectivity index (χ1n) is 3.46. The molecule has 1 amide bonds. The second-order valence-corrected chi connectivity index (χ2v) is 2.96. The molecule has 2 rings (SSSR count). The summed E-state index contributed by atoms with van der Waals surface area (Å²) in [5.41, 5.74) is 0. The molecule has 4 nitrogen and oxygen atoms in total. The Labute approximate surface area is 74.2 Å². The van der Waals surface area contributed by atoms with Crippen LogP contribution in [0.25, 0.3) is 0 Å². The normalized spacial score (nSPS) is 27.0. The predicted molar refractivity (Wildman–Crippen MR) is 46.1 cm³/mol. The number of hydrogen-bond acceptors (Lipinski definition) is 3. The van der Waals surface area contributed by atoms with Gasteiger partial charge < -0.3 is 4.90 Å². The van der Waals surface area contributed by atoms with Crippen molar-refractivity contribution in [2.24, 2.45) is 15.9 Å².